The smallest absolute Gasteiger partial charge is 0.339 e. The van der Waals surface area contributed by atoms with E-state index in [4.69, 9.17) is 4.74 Å². The summed E-state index contributed by atoms with van der Waals surface area (Å²) in [6, 6.07) is 12.2. The SMILES string of the molecule is COC(=O)c1ccccc1NC(=O)C(C)(C)C(=O)Nc1cc(C)ccc1C. The maximum Gasteiger partial charge on any atom is 0.339 e. The maximum atomic E-state index is 12.8. The molecule has 27 heavy (non-hydrogen) atoms. The lowest BCUT2D eigenvalue weighted by Crippen LogP contribution is -2.42. The molecule has 2 rings (SSSR count). The monoisotopic (exact) mass is 368 g/mol. The molecule has 0 atom stereocenters. The number of methoxy groups -OCH3 is 1. The largest absolute Gasteiger partial charge is 0.465 e. The van der Waals surface area contributed by atoms with Crippen LogP contribution in [0.4, 0.5) is 11.4 Å². The van der Waals surface area contributed by atoms with Gasteiger partial charge in [-0.25, -0.2) is 4.79 Å². The molecule has 0 radical (unpaired) electrons. The summed E-state index contributed by atoms with van der Waals surface area (Å²) in [7, 11) is 1.27. The Kier molecular flexibility index (Phi) is 6.00. The fraction of sp³-hybridized carbons (Fsp3) is 0.286. The summed E-state index contributed by atoms with van der Waals surface area (Å²) < 4.78 is 4.73. The molecule has 0 aliphatic heterocycles. The number of aryl methyl sites for hydroxylation is 2. The van der Waals surface area contributed by atoms with E-state index in [9.17, 15) is 14.4 Å². The molecule has 2 N–H and O–H groups in total. The second-order valence-electron chi connectivity index (χ2n) is 6.89. The average molecular weight is 368 g/mol. The minimum Gasteiger partial charge on any atom is -0.465 e. The number of hydrogen-bond donors (Lipinski definition) is 2. The van der Waals surface area contributed by atoms with Crippen LogP contribution < -0.4 is 10.6 Å². The number of ether oxygens (including phenoxy) is 1. The third kappa shape index (κ3) is 4.53. The van der Waals surface area contributed by atoms with E-state index >= 15 is 0 Å². The van der Waals surface area contributed by atoms with Crippen molar-refractivity contribution >= 4 is 29.2 Å². The van der Waals surface area contributed by atoms with Crippen molar-refractivity contribution in [2.45, 2.75) is 27.7 Å². The summed E-state index contributed by atoms with van der Waals surface area (Å²) in [6.45, 7) is 6.87. The summed E-state index contributed by atoms with van der Waals surface area (Å²) in [5.74, 6) is -1.53. The number of benzene rings is 2. The van der Waals surface area contributed by atoms with Crippen molar-refractivity contribution in [1.29, 1.82) is 0 Å². The first-order valence-electron chi connectivity index (χ1n) is 8.54. The molecule has 6 heteroatoms. The van der Waals surface area contributed by atoms with Gasteiger partial charge in [-0.05, 0) is 57.0 Å². The molecule has 0 aromatic heterocycles. The molecule has 2 aromatic rings. The summed E-state index contributed by atoms with van der Waals surface area (Å²) in [5, 5.41) is 5.47. The fourth-order valence-corrected chi connectivity index (χ4v) is 2.41. The molecular formula is C21H24N2O4. The summed E-state index contributed by atoms with van der Waals surface area (Å²) in [5.41, 5.74) is 1.72. The van der Waals surface area contributed by atoms with Gasteiger partial charge in [0.15, 0.2) is 0 Å². The number of hydrogen-bond acceptors (Lipinski definition) is 4. The molecule has 6 nitrogen and oxygen atoms in total. The highest BCUT2D eigenvalue weighted by Gasteiger charge is 2.37. The lowest BCUT2D eigenvalue weighted by atomic mass is 9.90. The first kappa shape index (κ1) is 20.2. The fourth-order valence-electron chi connectivity index (χ4n) is 2.41. The van der Waals surface area contributed by atoms with Gasteiger partial charge in [-0.2, -0.15) is 0 Å². The first-order chi connectivity index (χ1) is 12.7. The quantitative estimate of drug-likeness (QED) is 0.623. The van der Waals surface area contributed by atoms with Crippen LogP contribution in [0.2, 0.25) is 0 Å². The Morgan fingerprint density at radius 3 is 2.11 bits per heavy atom. The number of rotatable bonds is 5. The van der Waals surface area contributed by atoms with Crippen molar-refractivity contribution in [3.05, 3.63) is 59.2 Å². The zero-order valence-electron chi connectivity index (χ0n) is 16.2. The van der Waals surface area contributed by atoms with E-state index in [2.05, 4.69) is 10.6 Å². The van der Waals surface area contributed by atoms with Gasteiger partial charge in [0.2, 0.25) is 11.8 Å². The second kappa shape index (κ2) is 8.03. The Labute approximate surface area is 158 Å². The van der Waals surface area contributed by atoms with Gasteiger partial charge >= 0.3 is 5.97 Å². The lowest BCUT2D eigenvalue weighted by Gasteiger charge is -2.24. The Hall–Kier alpha value is -3.15. The van der Waals surface area contributed by atoms with Crippen LogP contribution >= 0.6 is 0 Å². The number of carbonyl (C=O) groups is 3. The average Bonchev–Trinajstić information content (AvgIpc) is 2.64. The number of amides is 2. The summed E-state index contributed by atoms with van der Waals surface area (Å²) in [4.78, 5) is 37.4. The highest BCUT2D eigenvalue weighted by atomic mass is 16.5. The van der Waals surface area contributed by atoms with Crippen LogP contribution in [0.3, 0.4) is 0 Å². The molecule has 0 bridgehead atoms. The van der Waals surface area contributed by atoms with Crippen LogP contribution in [0.25, 0.3) is 0 Å². The normalized spacial score (nSPS) is 10.9. The molecule has 0 saturated carbocycles. The van der Waals surface area contributed by atoms with Gasteiger partial charge in [-0.3, -0.25) is 9.59 Å². The number of carbonyl (C=O) groups excluding carboxylic acids is 3. The third-order valence-electron chi connectivity index (χ3n) is 4.36. The molecule has 142 valence electrons. The van der Waals surface area contributed by atoms with Crippen LogP contribution in [-0.2, 0) is 14.3 Å². The van der Waals surface area contributed by atoms with Crippen molar-refractivity contribution in [1.82, 2.24) is 0 Å². The highest BCUT2D eigenvalue weighted by Crippen LogP contribution is 2.25. The zero-order valence-corrected chi connectivity index (χ0v) is 16.2. The number of esters is 1. The van der Waals surface area contributed by atoms with Gasteiger partial charge in [-0.1, -0.05) is 24.3 Å². The van der Waals surface area contributed by atoms with Gasteiger partial charge in [0.1, 0.15) is 5.41 Å². The van der Waals surface area contributed by atoms with Gasteiger partial charge in [0.05, 0.1) is 18.4 Å². The van der Waals surface area contributed by atoms with Crippen molar-refractivity contribution in [2.75, 3.05) is 17.7 Å². The first-order valence-corrected chi connectivity index (χ1v) is 8.54. The van der Waals surface area contributed by atoms with Gasteiger partial charge in [0.25, 0.3) is 0 Å². The van der Waals surface area contributed by atoms with Crippen LogP contribution in [0.5, 0.6) is 0 Å². The zero-order chi connectivity index (χ0) is 20.2. The van der Waals surface area contributed by atoms with E-state index in [-0.39, 0.29) is 5.56 Å². The molecule has 0 heterocycles. The topological polar surface area (TPSA) is 84.5 Å². The second-order valence-corrected chi connectivity index (χ2v) is 6.89. The number of anilines is 2. The van der Waals surface area contributed by atoms with Crippen molar-refractivity contribution in [3.8, 4) is 0 Å². The van der Waals surface area contributed by atoms with Crippen molar-refractivity contribution < 1.29 is 19.1 Å². The molecule has 0 saturated heterocycles. The van der Waals surface area contributed by atoms with Crippen LogP contribution in [0.1, 0.15) is 35.3 Å². The van der Waals surface area contributed by atoms with E-state index in [0.29, 0.717) is 11.4 Å². The van der Waals surface area contributed by atoms with Gasteiger partial charge in [0, 0.05) is 5.69 Å². The van der Waals surface area contributed by atoms with Crippen LogP contribution in [-0.4, -0.2) is 24.9 Å². The molecule has 2 aromatic carbocycles. The Bertz CT molecular complexity index is 888. The Balaban J connectivity index is 2.21. The Morgan fingerprint density at radius 1 is 0.889 bits per heavy atom. The molecule has 0 aliphatic rings. The predicted molar refractivity (Wildman–Crippen MR) is 105 cm³/mol. The van der Waals surface area contributed by atoms with Crippen molar-refractivity contribution in [3.63, 3.8) is 0 Å². The lowest BCUT2D eigenvalue weighted by molar-refractivity contribution is -0.135. The molecule has 0 fully saturated rings. The van der Waals surface area contributed by atoms with E-state index < -0.39 is 23.2 Å². The van der Waals surface area contributed by atoms with Gasteiger partial charge in [-0.15, -0.1) is 0 Å². The van der Waals surface area contributed by atoms with Crippen LogP contribution in [0, 0.1) is 19.3 Å². The third-order valence-corrected chi connectivity index (χ3v) is 4.36. The number of para-hydroxylation sites is 1. The highest BCUT2D eigenvalue weighted by molar-refractivity contribution is 6.15. The van der Waals surface area contributed by atoms with E-state index in [1.807, 2.05) is 32.0 Å². The predicted octanol–water partition coefficient (Wildman–Crippen LogP) is 3.69. The molecular weight excluding hydrogens is 344 g/mol. The maximum absolute atomic E-state index is 12.8. The Morgan fingerprint density at radius 2 is 1.48 bits per heavy atom. The molecule has 0 aliphatic carbocycles. The summed E-state index contributed by atoms with van der Waals surface area (Å²) in [6.07, 6.45) is 0. The van der Waals surface area contributed by atoms with Crippen molar-refractivity contribution in [2.24, 2.45) is 5.41 Å². The number of nitrogens with one attached hydrogen (secondary N) is 2. The van der Waals surface area contributed by atoms with Crippen LogP contribution in [0.15, 0.2) is 42.5 Å². The summed E-state index contributed by atoms with van der Waals surface area (Å²) >= 11 is 0. The van der Waals surface area contributed by atoms with E-state index in [1.165, 1.54) is 21.0 Å². The standard InChI is InChI=1S/C21H24N2O4/c1-13-10-11-14(2)17(12-13)23-20(26)21(3,4)19(25)22-16-9-7-6-8-15(16)18(24)27-5/h6-12H,1-5H3,(H,22,25)(H,23,26). The molecule has 0 unspecified atom stereocenters. The van der Waals surface area contributed by atoms with E-state index in [0.717, 1.165) is 11.1 Å². The minimum atomic E-state index is -1.36. The molecule has 2 amide bonds. The molecule has 0 spiro atoms. The van der Waals surface area contributed by atoms with Gasteiger partial charge < -0.3 is 15.4 Å². The van der Waals surface area contributed by atoms with E-state index in [1.54, 1.807) is 24.3 Å². The minimum absolute atomic E-state index is 0.221.